The lowest BCUT2D eigenvalue weighted by atomic mass is 9.81. The fraction of sp³-hybridized carbons (Fsp3) is 0.611. The number of rotatable bonds is 1. The molecule has 0 bridgehead atoms. The Bertz CT molecular complexity index is 587. The van der Waals surface area contributed by atoms with Gasteiger partial charge in [-0.25, -0.2) is 0 Å². The average Bonchev–Trinajstić information content (AvgIpc) is 2.80. The fourth-order valence-electron chi connectivity index (χ4n) is 4.59. The number of nitrogens with zero attached hydrogens (tertiary/aromatic N) is 1. The smallest absolute Gasteiger partial charge is 0.228 e. The van der Waals surface area contributed by atoms with Crippen molar-refractivity contribution in [3.63, 3.8) is 0 Å². The van der Waals surface area contributed by atoms with E-state index in [1.807, 2.05) is 31.2 Å². The van der Waals surface area contributed by atoms with E-state index in [-0.39, 0.29) is 11.8 Å². The molecule has 1 aliphatic carbocycles. The normalized spacial score (nSPS) is 37.8. The molecular weight excluding hydrogens is 298 g/mol. The van der Waals surface area contributed by atoms with E-state index in [4.69, 9.17) is 16.3 Å². The number of hydrogen-bond acceptors (Lipinski definition) is 2. The SMILES string of the molecule is C[C@@H]1C[C@@]2(c3ccc(Cl)cc3)OC[C@@H]3CCCC[C@@H]3N2C1=O. The highest BCUT2D eigenvalue weighted by Crippen LogP contribution is 2.51. The minimum absolute atomic E-state index is 0.0244. The third-order valence-corrected chi connectivity index (χ3v) is 5.92. The van der Waals surface area contributed by atoms with E-state index in [0.717, 1.165) is 30.0 Å². The van der Waals surface area contributed by atoms with Crippen LogP contribution >= 0.6 is 11.6 Å². The van der Waals surface area contributed by atoms with Gasteiger partial charge in [-0.1, -0.05) is 43.5 Å². The summed E-state index contributed by atoms with van der Waals surface area (Å²) in [5.74, 6) is 0.784. The first-order valence-corrected chi connectivity index (χ1v) is 8.73. The summed E-state index contributed by atoms with van der Waals surface area (Å²) in [6.07, 6.45) is 5.52. The van der Waals surface area contributed by atoms with Crippen LogP contribution in [0.2, 0.25) is 5.02 Å². The van der Waals surface area contributed by atoms with Crippen LogP contribution in [0.25, 0.3) is 0 Å². The van der Waals surface area contributed by atoms with E-state index in [2.05, 4.69) is 4.90 Å². The van der Waals surface area contributed by atoms with E-state index in [1.165, 1.54) is 19.3 Å². The molecule has 2 aliphatic heterocycles. The molecule has 0 aromatic heterocycles. The van der Waals surface area contributed by atoms with E-state index in [0.29, 0.717) is 12.0 Å². The third kappa shape index (κ3) is 2.02. The summed E-state index contributed by atoms with van der Waals surface area (Å²) in [4.78, 5) is 15.0. The molecule has 4 heteroatoms. The molecule has 4 atom stereocenters. The monoisotopic (exact) mass is 319 g/mol. The molecule has 4 rings (SSSR count). The van der Waals surface area contributed by atoms with Crippen molar-refractivity contribution in [2.45, 2.75) is 50.8 Å². The number of carbonyl (C=O) groups excluding carboxylic acids is 1. The minimum atomic E-state index is -0.570. The molecule has 1 amide bonds. The van der Waals surface area contributed by atoms with Gasteiger partial charge in [0.05, 0.1) is 6.61 Å². The van der Waals surface area contributed by atoms with Crippen molar-refractivity contribution in [3.8, 4) is 0 Å². The average molecular weight is 320 g/mol. The Labute approximate surface area is 136 Å². The van der Waals surface area contributed by atoms with E-state index in [9.17, 15) is 4.79 Å². The van der Waals surface area contributed by atoms with Crippen LogP contribution in [0.15, 0.2) is 24.3 Å². The summed E-state index contributed by atoms with van der Waals surface area (Å²) in [5.41, 5.74) is 0.498. The molecule has 3 fully saturated rings. The quantitative estimate of drug-likeness (QED) is 0.784. The first kappa shape index (κ1) is 14.5. The minimum Gasteiger partial charge on any atom is -0.351 e. The number of carbonyl (C=O) groups is 1. The van der Waals surface area contributed by atoms with Crippen molar-refractivity contribution in [2.24, 2.45) is 11.8 Å². The third-order valence-electron chi connectivity index (χ3n) is 5.66. The van der Waals surface area contributed by atoms with Gasteiger partial charge in [0.15, 0.2) is 5.72 Å². The summed E-state index contributed by atoms with van der Waals surface area (Å²) < 4.78 is 6.39. The number of amides is 1. The molecule has 0 spiro atoms. The largest absolute Gasteiger partial charge is 0.351 e. The maximum Gasteiger partial charge on any atom is 0.228 e. The molecule has 118 valence electrons. The number of halogens is 1. The zero-order chi connectivity index (χ0) is 15.3. The molecule has 3 nitrogen and oxygen atoms in total. The molecule has 0 N–H and O–H groups in total. The molecule has 1 saturated carbocycles. The van der Waals surface area contributed by atoms with Gasteiger partial charge in [-0.2, -0.15) is 0 Å². The molecule has 1 aromatic carbocycles. The maximum absolute atomic E-state index is 12.9. The van der Waals surface area contributed by atoms with Gasteiger partial charge in [0.2, 0.25) is 5.91 Å². The Hall–Kier alpha value is -1.06. The lowest BCUT2D eigenvalue weighted by molar-refractivity contribution is -0.222. The van der Waals surface area contributed by atoms with Crippen LogP contribution in [-0.2, 0) is 15.3 Å². The predicted octanol–water partition coefficient (Wildman–Crippen LogP) is 3.95. The first-order chi connectivity index (χ1) is 10.6. The first-order valence-electron chi connectivity index (χ1n) is 8.35. The van der Waals surface area contributed by atoms with Gasteiger partial charge in [0.25, 0.3) is 0 Å². The molecule has 2 heterocycles. The van der Waals surface area contributed by atoms with Crippen LogP contribution in [0.5, 0.6) is 0 Å². The summed E-state index contributed by atoms with van der Waals surface area (Å²) in [5, 5.41) is 0.718. The van der Waals surface area contributed by atoms with Gasteiger partial charge in [0, 0.05) is 34.9 Å². The van der Waals surface area contributed by atoms with Crippen LogP contribution in [0, 0.1) is 11.8 Å². The van der Waals surface area contributed by atoms with Crippen molar-refractivity contribution in [1.29, 1.82) is 0 Å². The maximum atomic E-state index is 12.9. The Kier molecular flexibility index (Phi) is 3.46. The number of fused-ring (bicyclic) bond motifs is 3. The lowest BCUT2D eigenvalue weighted by Gasteiger charge is -2.52. The second-order valence-electron chi connectivity index (χ2n) is 7.03. The molecule has 22 heavy (non-hydrogen) atoms. The summed E-state index contributed by atoms with van der Waals surface area (Å²) in [7, 11) is 0. The molecular formula is C18H22ClNO2. The number of hydrogen-bond donors (Lipinski definition) is 0. The standard InChI is InChI=1S/C18H22ClNO2/c1-12-10-18(14-6-8-15(19)9-7-14)20(17(12)21)16-5-3-2-4-13(16)11-22-18/h6-9,12-13,16H,2-5,10-11H2,1H3/t12-,13+,16+,18+/m1/s1. The zero-order valence-corrected chi connectivity index (χ0v) is 13.7. The Morgan fingerprint density at radius 2 is 1.95 bits per heavy atom. The van der Waals surface area contributed by atoms with E-state index < -0.39 is 5.72 Å². The van der Waals surface area contributed by atoms with Crippen LogP contribution < -0.4 is 0 Å². The number of ether oxygens (including phenoxy) is 1. The van der Waals surface area contributed by atoms with Gasteiger partial charge < -0.3 is 9.64 Å². The highest BCUT2D eigenvalue weighted by molar-refractivity contribution is 6.30. The van der Waals surface area contributed by atoms with Crippen molar-refractivity contribution in [2.75, 3.05) is 6.61 Å². The van der Waals surface area contributed by atoms with Gasteiger partial charge in [0.1, 0.15) is 0 Å². The van der Waals surface area contributed by atoms with Crippen LogP contribution in [0.4, 0.5) is 0 Å². The number of benzene rings is 1. The summed E-state index contributed by atoms with van der Waals surface area (Å²) >= 11 is 6.04. The van der Waals surface area contributed by atoms with Gasteiger partial charge in [-0.15, -0.1) is 0 Å². The molecule has 0 unspecified atom stereocenters. The van der Waals surface area contributed by atoms with E-state index >= 15 is 0 Å². The zero-order valence-electron chi connectivity index (χ0n) is 12.9. The van der Waals surface area contributed by atoms with Crippen LogP contribution in [-0.4, -0.2) is 23.5 Å². The Morgan fingerprint density at radius 3 is 2.73 bits per heavy atom. The highest BCUT2D eigenvalue weighted by Gasteiger charge is 2.58. The second kappa shape index (κ2) is 5.24. The lowest BCUT2D eigenvalue weighted by Crippen LogP contribution is -2.59. The van der Waals surface area contributed by atoms with E-state index in [1.54, 1.807) is 0 Å². The van der Waals surface area contributed by atoms with Crippen molar-refractivity contribution >= 4 is 17.5 Å². The van der Waals surface area contributed by atoms with Gasteiger partial charge in [-0.3, -0.25) is 4.79 Å². The van der Waals surface area contributed by atoms with Crippen molar-refractivity contribution in [1.82, 2.24) is 4.90 Å². The van der Waals surface area contributed by atoms with Gasteiger partial charge >= 0.3 is 0 Å². The van der Waals surface area contributed by atoms with Crippen molar-refractivity contribution in [3.05, 3.63) is 34.9 Å². The highest BCUT2D eigenvalue weighted by atomic mass is 35.5. The van der Waals surface area contributed by atoms with Crippen molar-refractivity contribution < 1.29 is 9.53 Å². The molecule has 1 aromatic rings. The summed E-state index contributed by atoms with van der Waals surface area (Å²) in [6.45, 7) is 2.79. The van der Waals surface area contributed by atoms with Gasteiger partial charge in [-0.05, 0) is 25.0 Å². The Balaban J connectivity index is 1.78. The molecule has 0 radical (unpaired) electrons. The predicted molar refractivity (Wildman–Crippen MR) is 85.5 cm³/mol. The molecule has 2 saturated heterocycles. The van der Waals surface area contributed by atoms with Crippen LogP contribution in [0.3, 0.4) is 0 Å². The second-order valence-corrected chi connectivity index (χ2v) is 7.46. The topological polar surface area (TPSA) is 29.5 Å². The fourth-order valence-corrected chi connectivity index (χ4v) is 4.72. The summed E-state index contributed by atoms with van der Waals surface area (Å²) in [6, 6.07) is 8.17. The Morgan fingerprint density at radius 1 is 1.23 bits per heavy atom. The molecule has 3 aliphatic rings. The van der Waals surface area contributed by atoms with Crippen LogP contribution in [0.1, 0.15) is 44.6 Å².